The van der Waals surface area contributed by atoms with E-state index in [1.54, 1.807) is 30.3 Å². The van der Waals surface area contributed by atoms with Gasteiger partial charge in [-0.3, -0.25) is 4.79 Å². The first-order valence-electron chi connectivity index (χ1n) is 8.56. The summed E-state index contributed by atoms with van der Waals surface area (Å²) in [6.07, 6.45) is 0.615. The molecule has 2 aromatic carbocycles. The molecule has 0 spiro atoms. The number of carbonyl (C=O) groups is 2. The van der Waals surface area contributed by atoms with Gasteiger partial charge in [0.2, 0.25) is 16.1 Å². The van der Waals surface area contributed by atoms with Gasteiger partial charge in [0.25, 0.3) is 5.91 Å². The molecule has 8 nitrogen and oxygen atoms in total. The summed E-state index contributed by atoms with van der Waals surface area (Å²) in [7, 11) is -2.83. The molecule has 1 atom stereocenters. The van der Waals surface area contributed by atoms with Gasteiger partial charge in [-0.05, 0) is 31.0 Å². The van der Waals surface area contributed by atoms with E-state index in [4.69, 9.17) is 14.6 Å². The van der Waals surface area contributed by atoms with Crippen molar-refractivity contribution in [1.82, 2.24) is 5.32 Å². The first kappa shape index (κ1) is 19.8. The zero-order valence-electron chi connectivity index (χ0n) is 15.1. The lowest BCUT2D eigenvalue weighted by Crippen LogP contribution is -2.33. The van der Waals surface area contributed by atoms with Crippen LogP contribution in [0.4, 0.5) is 0 Å². The van der Waals surface area contributed by atoms with Gasteiger partial charge in [-0.25, -0.2) is 18.4 Å². The van der Waals surface area contributed by atoms with Gasteiger partial charge >= 0.3 is 5.97 Å². The van der Waals surface area contributed by atoms with Crippen molar-refractivity contribution < 1.29 is 27.5 Å². The summed E-state index contributed by atoms with van der Waals surface area (Å²) in [6.45, 7) is 0. The van der Waals surface area contributed by atoms with Crippen molar-refractivity contribution >= 4 is 21.9 Å². The molecule has 28 heavy (non-hydrogen) atoms. The Morgan fingerprint density at radius 2 is 1.82 bits per heavy atom. The van der Waals surface area contributed by atoms with Crippen molar-refractivity contribution in [2.45, 2.75) is 29.9 Å². The normalized spacial score (nSPS) is 14.8. The van der Waals surface area contributed by atoms with Crippen molar-refractivity contribution in [1.29, 1.82) is 0 Å². The lowest BCUT2D eigenvalue weighted by molar-refractivity contribution is -0.130. The highest BCUT2D eigenvalue weighted by Gasteiger charge is 2.31. The smallest absolute Gasteiger partial charge is 0.339 e. The topological polar surface area (TPSA) is 125 Å². The largest absolute Gasteiger partial charge is 0.495 e. The average molecular weight is 404 g/mol. The first-order chi connectivity index (χ1) is 13.3. The Hall–Kier alpha value is -2.91. The van der Waals surface area contributed by atoms with Crippen molar-refractivity contribution in [3.8, 4) is 5.75 Å². The molecule has 3 N–H and O–H groups in total. The van der Waals surface area contributed by atoms with E-state index in [-0.39, 0.29) is 22.3 Å². The van der Waals surface area contributed by atoms with E-state index in [1.165, 1.54) is 19.2 Å². The number of nitrogens with one attached hydrogen (secondary N) is 1. The van der Waals surface area contributed by atoms with E-state index in [0.717, 1.165) is 18.9 Å². The summed E-state index contributed by atoms with van der Waals surface area (Å²) in [4.78, 5) is 24.9. The predicted octanol–water partition coefficient (Wildman–Crippen LogP) is 1.52. The summed E-state index contributed by atoms with van der Waals surface area (Å²) in [5, 5.41) is 7.99. The van der Waals surface area contributed by atoms with E-state index in [1.807, 2.05) is 0 Å². The van der Waals surface area contributed by atoms with Crippen LogP contribution in [0.15, 0.2) is 53.4 Å². The van der Waals surface area contributed by atoms with Gasteiger partial charge < -0.3 is 14.8 Å². The maximum atomic E-state index is 12.6. The Bertz CT molecular complexity index is 987. The summed E-state index contributed by atoms with van der Waals surface area (Å²) < 4.78 is 33.9. The summed E-state index contributed by atoms with van der Waals surface area (Å²) in [6, 6.07) is 12.4. The number of benzene rings is 2. The number of primary sulfonamides is 1. The zero-order valence-corrected chi connectivity index (χ0v) is 15.9. The van der Waals surface area contributed by atoms with Crippen molar-refractivity contribution in [3.63, 3.8) is 0 Å². The van der Waals surface area contributed by atoms with Crippen LogP contribution in [0, 0.1) is 0 Å². The van der Waals surface area contributed by atoms with Crippen molar-refractivity contribution in [2.75, 3.05) is 7.11 Å². The molecule has 1 amide bonds. The number of carbonyl (C=O) groups excluding carboxylic acids is 2. The van der Waals surface area contributed by atoms with Crippen LogP contribution in [-0.2, 0) is 19.6 Å². The van der Waals surface area contributed by atoms with Crippen LogP contribution in [0.5, 0.6) is 5.75 Å². The summed E-state index contributed by atoms with van der Waals surface area (Å²) in [5.74, 6) is -1.28. The number of methoxy groups -OCH3 is 1. The molecule has 9 heteroatoms. The molecule has 1 aliphatic rings. The molecule has 148 valence electrons. The number of sulfonamides is 1. The third-order valence-electron chi connectivity index (χ3n) is 4.19. The highest BCUT2D eigenvalue weighted by Crippen LogP contribution is 2.27. The molecule has 0 aliphatic heterocycles. The summed E-state index contributed by atoms with van der Waals surface area (Å²) >= 11 is 0. The SMILES string of the molecule is COc1ccc(C(=O)OC(C(=O)NC2CC2)c2ccccc2)cc1S(N)(=O)=O. The highest BCUT2D eigenvalue weighted by atomic mass is 32.2. The van der Waals surface area contributed by atoms with Gasteiger partial charge in [0.15, 0.2) is 0 Å². The minimum atomic E-state index is -4.12. The van der Waals surface area contributed by atoms with Crippen LogP contribution >= 0.6 is 0 Å². The van der Waals surface area contributed by atoms with Gasteiger partial charge in [0.05, 0.1) is 12.7 Å². The van der Waals surface area contributed by atoms with E-state index in [9.17, 15) is 18.0 Å². The fraction of sp³-hybridized carbons (Fsp3) is 0.263. The molecule has 0 saturated heterocycles. The Labute approximate surface area is 162 Å². The number of amides is 1. The van der Waals surface area contributed by atoms with Crippen LogP contribution in [0.3, 0.4) is 0 Å². The lowest BCUT2D eigenvalue weighted by atomic mass is 10.1. The van der Waals surface area contributed by atoms with Gasteiger partial charge in [0, 0.05) is 11.6 Å². The van der Waals surface area contributed by atoms with Crippen molar-refractivity contribution in [3.05, 3.63) is 59.7 Å². The van der Waals surface area contributed by atoms with E-state index in [2.05, 4.69) is 5.32 Å². The summed E-state index contributed by atoms with van der Waals surface area (Å²) in [5.41, 5.74) is 0.444. The van der Waals surface area contributed by atoms with E-state index in [0.29, 0.717) is 5.56 Å². The number of hydrogen-bond acceptors (Lipinski definition) is 6. The zero-order chi connectivity index (χ0) is 20.3. The molecule has 0 bridgehead atoms. The van der Waals surface area contributed by atoms with Crippen LogP contribution < -0.4 is 15.2 Å². The monoisotopic (exact) mass is 404 g/mol. The first-order valence-corrected chi connectivity index (χ1v) is 10.1. The number of hydrogen-bond donors (Lipinski definition) is 2. The predicted molar refractivity (Wildman–Crippen MR) is 100 cm³/mol. The minimum Gasteiger partial charge on any atom is -0.495 e. The quantitative estimate of drug-likeness (QED) is 0.674. The molecule has 1 aliphatic carbocycles. The third kappa shape index (κ3) is 4.68. The van der Waals surface area contributed by atoms with Crippen LogP contribution in [0.1, 0.15) is 34.9 Å². The Morgan fingerprint density at radius 1 is 1.14 bits per heavy atom. The molecule has 3 rings (SSSR count). The molecule has 1 unspecified atom stereocenters. The standard InChI is InChI=1S/C19H20N2O6S/c1-26-15-10-7-13(11-16(15)28(20,24)25)19(23)27-17(12-5-3-2-4-6-12)18(22)21-14-8-9-14/h2-7,10-11,14,17H,8-9H2,1H3,(H,21,22)(H2,20,24,25). The molecule has 0 heterocycles. The maximum Gasteiger partial charge on any atom is 0.339 e. The number of esters is 1. The minimum absolute atomic E-state index is 0.00476. The van der Waals surface area contributed by atoms with E-state index < -0.39 is 28.0 Å². The Morgan fingerprint density at radius 3 is 2.39 bits per heavy atom. The third-order valence-corrected chi connectivity index (χ3v) is 5.13. The number of ether oxygens (including phenoxy) is 2. The molecular weight excluding hydrogens is 384 g/mol. The number of nitrogens with two attached hydrogens (primary N) is 1. The van der Waals surface area contributed by atoms with E-state index >= 15 is 0 Å². The average Bonchev–Trinajstić information content (AvgIpc) is 3.49. The van der Waals surface area contributed by atoms with Gasteiger partial charge in [-0.1, -0.05) is 30.3 Å². The highest BCUT2D eigenvalue weighted by molar-refractivity contribution is 7.89. The number of rotatable bonds is 7. The van der Waals surface area contributed by atoms with Gasteiger partial charge in [0.1, 0.15) is 10.6 Å². The fourth-order valence-corrected chi connectivity index (χ4v) is 3.33. The molecule has 0 radical (unpaired) electrons. The van der Waals surface area contributed by atoms with Gasteiger partial charge in [-0.2, -0.15) is 0 Å². The Kier molecular flexibility index (Phi) is 5.66. The molecule has 1 fully saturated rings. The second-order valence-corrected chi connectivity index (χ2v) is 7.92. The molecule has 1 saturated carbocycles. The van der Waals surface area contributed by atoms with Gasteiger partial charge in [-0.15, -0.1) is 0 Å². The maximum absolute atomic E-state index is 12.6. The molecule has 0 aromatic heterocycles. The van der Waals surface area contributed by atoms with Crippen molar-refractivity contribution in [2.24, 2.45) is 5.14 Å². The second kappa shape index (κ2) is 7.99. The Balaban J connectivity index is 1.88. The lowest BCUT2D eigenvalue weighted by Gasteiger charge is -2.18. The van der Waals surface area contributed by atoms with Crippen LogP contribution in [0.25, 0.3) is 0 Å². The van der Waals surface area contributed by atoms with Crippen LogP contribution in [0.2, 0.25) is 0 Å². The van der Waals surface area contributed by atoms with Crippen LogP contribution in [-0.4, -0.2) is 33.4 Å². The molecule has 2 aromatic rings. The second-order valence-electron chi connectivity index (χ2n) is 6.39. The fourth-order valence-electron chi connectivity index (χ4n) is 2.61. The molecular formula is C19H20N2O6S.